The number of sulfonamides is 1. The van der Waals surface area contributed by atoms with Crippen molar-refractivity contribution in [2.75, 3.05) is 0 Å². The van der Waals surface area contributed by atoms with Crippen LogP contribution in [0.2, 0.25) is 0 Å². The summed E-state index contributed by atoms with van der Waals surface area (Å²) < 4.78 is 27.3. The third-order valence-electron chi connectivity index (χ3n) is 2.98. The molecule has 2 aromatic rings. The van der Waals surface area contributed by atoms with Gasteiger partial charge in [-0.25, -0.2) is 8.42 Å². The number of aryl methyl sites for hydroxylation is 2. The Morgan fingerprint density at radius 3 is 2.33 bits per heavy atom. The lowest BCUT2D eigenvalue weighted by Crippen LogP contribution is -2.37. The molecule has 0 saturated heterocycles. The average molecular weight is 324 g/mol. The molecule has 7 heteroatoms. The highest BCUT2D eigenvalue weighted by atomic mass is 32.2. The Morgan fingerprint density at radius 1 is 1.24 bits per heavy atom. The summed E-state index contributed by atoms with van der Waals surface area (Å²) in [5.41, 5.74) is 5.85. The minimum atomic E-state index is -3.80. The zero-order chi connectivity index (χ0) is 15.6. The number of hydrogen-bond donors (Lipinski definition) is 2. The first-order chi connectivity index (χ1) is 9.81. The third-order valence-corrected chi connectivity index (χ3v) is 5.62. The van der Waals surface area contributed by atoms with E-state index < -0.39 is 22.0 Å². The predicted octanol–water partition coefficient (Wildman–Crippen LogP) is 1.87. The standard InChI is InChI=1S/C14H16N2O3S2/c1-9-8-12(10(2)20-9)21(18,19)16-13(14(15)17)11-6-4-3-5-7-11/h3-8,13,16H,1-2H3,(H2,15,17)/t13-/m1/s1. The molecule has 1 heterocycles. The average Bonchev–Trinajstić information content (AvgIpc) is 2.77. The van der Waals surface area contributed by atoms with Crippen molar-refractivity contribution in [1.29, 1.82) is 0 Å². The van der Waals surface area contributed by atoms with E-state index in [-0.39, 0.29) is 4.90 Å². The van der Waals surface area contributed by atoms with Gasteiger partial charge in [0.25, 0.3) is 0 Å². The van der Waals surface area contributed by atoms with Gasteiger partial charge in [-0.1, -0.05) is 30.3 Å². The SMILES string of the molecule is Cc1cc(S(=O)(=O)N[C@@H](C(N)=O)c2ccccc2)c(C)s1. The number of carbonyl (C=O) groups is 1. The lowest BCUT2D eigenvalue weighted by Gasteiger charge is -2.16. The molecule has 0 radical (unpaired) electrons. The van der Waals surface area contributed by atoms with Crippen molar-refractivity contribution in [1.82, 2.24) is 4.72 Å². The fraction of sp³-hybridized carbons (Fsp3) is 0.214. The van der Waals surface area contributed by atoms with Gasteiger partial charge in [-0.2, -0.15) is 4.72 Å². The van der Waals surface area contributed by atoms with E-state index in [9.17, 15) is 13.2 Å². The summed E-state index contributed by atoms with van der Waals surface area (Å²) in [6, 6.07) is 9.04. The molecule has 1 aromatic carbocycles. The molecule has 1 aromatic heterocycles. The van der Waals surface area contributed by atoms with Gasteiger partial charge in [-0.05, 0) is 25.5 Å². The maximum absolute atomic E-state index is 12.4. The number of hydrogen-bond acceptors (Lipinski definition) is 4. The van der Waals surface area contributed by atoms with Crippen LogP contribution < -0.4 is 10.5 Å². The van der Waals surface area contributed by atoms with E-state index in [1.807, 2.05) is 6.92 Å². The quantitative estimate of drug-likeness (QED) is 0.880. The van der Waals surface area contributed by atoms with Crippen molar-refractivity contribution in [3.05, 3.63) is 51.7 Å². The van der Waals surface area contributed by atoms with Crippen molar-refractivity contribution < 1.29 is 13.2 Å². The van der Waals surface area contributed by atoms with E-state index in [1.54, 1.807) is 43.3 Å². The summed E-state index contributed by atoms with van der Waals surface area (Å²) in [7, 11) is -3.80. The van der Waals surface area contributed by atoms with Crippen molar-refractivity contribution in [2.45, 2.75) is 24.8 Å². The van der Waals surface area contributed by atoms with E-state index >= 15 is 0 Å². The first-order valence-electron chi connectivity index (χ1n) is 6.25. The number of carbonyl (C=O) groups excluding carboxylic acids is 1. The van der Waals surface area contributed by atoms with Crippen LogP contribution in [0, 0.1) is 13.8 Å². The summed E-state index contributed by atoms with van der Waals surface area (Å²) in [6.07, 6.45) is 0. The number of nitrogens with two attached hydrogens (primary N) is 1. The van der Waals surface area contributed by atoms with Crippen LogP contribution in [-0.4, -0.2) is 14.3 Å². The molecular formula is C14H16N2O3S2. The van der Waals surface area contributed by atoms with Gasteiger partial charge in [0.05, 0.1) is 4.90 Å². The number of thiophene rings is 1. The second-order valence-corrected chi connectivity index (χ2v) is 7.79. The van der Waals surface area contributed by atoms with E-state index in [1.165, 1.54) is 11.3 Å². The predicted molar refractivity (Wildman–Crippen MR) is 82.5 cm³/mol. The van der Waals surface area contributed by atoms with Crippen LogP contribution in [0.1, 0.15) is 21.4 Å². The Morgan fingerprint density at radius 2 is 1.86 bits per heavy atom. The van der Waals surface area contributed by atoms with Crippen molar-refractivity contribution >= 4 is 27.3 Å². The van der Waals surface area contributed by atoms with Gasteiger partial charge in [0, 0.05) is 9.75 Å². The molecule has 0 fully saturated rings. The van der Waals surface area contributed by atoms with Crippen LogP contribution in [0.4, 0.5) is 0 Å². The van der Waals surface area contributed by atoms with E-state index in [2.05, 4.69) is 4.72 Å². The minimum Gasteiger partial charge on any atom is -0.368 e. The smallest absolute Gasteiger partial charge is 0.242 e. The Kier molecular flexibility index (Phi) is 4.46. The van der Waals surface area contributed by atoms with Crippen LogP contribution >= 0.6 is 11.3 Å². The number of rotatable bonds is 5. The molecule has 3 N–H and O–H groups in total. The number of primary amides is 1. The van der Waals surface area contributed by atoms with Crippen LogP contribution in [0.3, 0.4) is 0 Å². The van der Waals surface area contributed by atoms with Crippen LogP contribution in [0.5, 0.6) is 0 Å². The number of benzene rings is 1. The van der Waals surface area contributed by atoms with Gasteiger partial charge in [-0.3, -0.25) is 4.79 Å². The summed E-state index contributed by atoms with van der Waals surface area (Å²) in [6.45, 7) is 3.56. The molecule has 2 rings (SSSR count). The highest BCUT2D eigenvalue weighted by Gasteiger charge is 2.27. The Bertz CT molecular complexity index is 752. The van der Waals surface area contributed by atoms with Crippen LogP contribution in [-0.2, 0) is 14.8 Å². The number of amides is 1. The Balaban J connectivity index is 2.37. The first-order valence-corrected chi connectivity index (χ1v) is 8.55. The monoisotopic (exact) mass is 324 g/mol. The molecule has 0 aliphatic carbocycles. The molecule has 1 amide bonds. The Hall–Kier alpha value is -1.70. The second-order valence-electron chi connectivity index (χ2n) is 4.64. The molecule has 21 heavy (non-hydrogen) atoms. The summed E-state index contributed by atoms with van der Waals surface area (Å²) in [5.74, 6) is -0.741. The summed E-state index contributed by atoms with van der Waals surface area (Å²) in [5, 5.41) is 0. The lowest BCUT2D eigenvalue weighted by atomic mass is 10.1. The van der Waals surface area contributed by atoms with Crippen molar-refractivity contribution in [3.63, 3.8) is 0 Å². The lowest BCUT2D eigenvalue weighted by molar-refractivity contribution is -0.119. The van der Waals surface area contributed by atoms with Gasteiger partial charge in [0.2, 0.25) is 15.9 Å². The van der Waals surface area contributed by atoms with Crippen LogP contribution in [0.15, 0.2) is 41.3 Å². The fourth-order valence-electron chi connectivity index (χ4n) is 2.03. The van der Waals surface area contributed by atoms with Gasteiger partial charge in [0.1, 0.15) is 6.04 Å². The minimum absolute atomic E-state index is 0.187. The maximum Gasteiger partial charge on any atom is 0.242 e. The molecule has 0 saturated carbocycles. The highest BCUT2D eigenvalue weighted by Crippen LogP contribution is 2.26. The molecular weight excluding hydrogens is 308 g/mol. The molecule has 0 unspecified atom stereocenters. The van der Waals surface area contributed by atoms with Crippen molar-refractivity contribution in [2.24, 2.45) is 5.73 Å². The largest absolute Gasteiger partial charge is 0.368 e. The molecule has 1 atom stereocenters. The molecule has 0 bridgehead atoms. The van der Waals surface area contributed by atoms with Gasteiger partial charge in [0.15, 0.2) is 0 Å². The molecule has 5 nitrogen and oxygen atoms in total. The molecule has 0 spiro atoms. The summed E-state index contributed by atoms with van der Waals surface area (Å²) >= 11 is 1.39. The van der Waals surface area contributed by atoms with Gasteiger partial charge >= 0.3 is 0 Å². The molecule has 0 aliphatic rings. The van der Waals surface area contributed by atoms with E-state index in [4.69, 9.17) is 5.73 Å². The zero-order valence-corrected chi connectivity index (χ0v) is 13.3. The molecule has 0 aliphatic heterocycles. The normalized spacial score (nSPS) is 13.0. The Labute approximate surface area is 127 Å². The highest BCUT2D eigenvalue weighted by molar-refractivity contribution is 7.89. The second kappa shape index (κ2) is 5.97. The first kappa shape index (κ1) is 15.7. The van der Waals surface area contributed by atoms with Gasteiger partial charge < -0.3 is 5.73 Å². The van der Waals surface area contributed by atoms with Gasteiger partial charge in [-0.15, -0.1) is 11.3 Å². The van der Waals surface area contributed by atoms with E-state index in [0.717, 1.165) is 4.88 Å². The van der Waals surface area contributed by atoms with Crippen LogP contribution in [0.25, 0.3) is 0 Å². The molecule has 112 valence electrons. The van der Waals surface area contributed by atoms with E-state index in [0.29, 0.717) is 10.4 Å². The third kappa shape index (κ3) is 3.49. The number of nitrogens with one attached hydrogen (secondary N) is 1. The zero-order valence-electron chi connectivity index (χ0n) is 11.7. The fourth-order valence-corrected chi connectivity index (χ4v) is 4.78. The topological polar surface area (TPSA) is 89.3 Å². The van der Waals surface area contributed by atoms with Crippen molar-refractivity contribution in [3.8, 4) is 0 Å². The maximum atomic E-state index is 12.4. The summed E-state index contributed by atoms with van der Waals surface area (Å²) in [4.78, 5) is 13.4.